The first-order valence-electron chi connectivity index (χ1n) is 12.4. The largest absolute Gasteiger partial charge is 0.313 e. The molecule has 0 aliphatic heterocycles. The van der Waals surface area contributed by atoms with E-state index in [2.05, 4.69) is 18.3 Å². The Balaban J connectivity index is 2.33. The minimum Gasteiger partial charge on any atom is -0.313 e. The second-order valence-electron chi connectivity index (χ2n) is 9.56. The molecule has 0 saturated heterocycles. The molecule has 3 rings (SSSR count). The van der Waals surface area contributed by atoms with E-state index in [4.69, 9.17) is 23.2 Å². The van der Waals surface area contributed by atoms with Gasteiger partial charge in [-0.25, -0.2) is 8.42 Å². The van der Waals surface area contributed by atoms with Gasteiger partial charge in [-0.3, -0.25) is 9.59 Å². The van der Waals surface area contributed by atoms with E-state index >= 15 is 0 Å². The maximum absolute atomic E-state index is 13.9. The molecule has 8 heteroatoms. The molecule has 1 aliphatic rings. The number of benzene rings is 2. The van der Waals surface area contributed by atoms with Crippen molar-refractivity contribution in [1.82, 2.24) is 5.32 Å². The summed E-state index contributed by atoms with van der Waals surface area (Å²) in [6.45, 7) is 5.65. The first-order valence-corrected chi connectivity index (χ1v) is 15.0. The van der Waals surface area contributed by atoms with Crippen LogP contribution >= 0.6 is 23.2 Å². The van der Waals surface area contributed by atoms with Gasteiger partial charge in [0.1, 0.15) is 0 Å². The van der Waals surface area contributed by atoms with Crippen LogP contribution in [0.15, 0.2) is 54.1 Å². The van der Waals surface area contributed by atoms with Crippen molar-refractivity contribution in [3.05, 3.63) is 86.4 Å². The highest BCUT2D eigenvalue weighted by Gasteiger charge is 2.26. The first kappa shape index (κ1) is 29.3. The molecule has 0 spiro atoms. The summed E-state index contributed by atoms with van der Waals surface area (Å²) < 4.78 is 24.9. The summed E-state index contributed by atoms with van der Waals surface area (Å²) in [5.41, 5.74) is 3.12. The topological polar surface area (TPSA) is 80.3 Å². The third-order valence-corrected chi connectivity index (χ3v) is 9.05. The number of carbonyl (C=O) groups excluding carboxylic acids is 2. The van der Waals surface area contributed by atoms with Crippen molar-refractivity contribution in [1.29, 1.82) is 0 Å². The van der Waals surface area contributed by atoms with E-state index in [0.29, 0.717) is 29.5 Å². The van der Waals surface area contributed by atoms with Crippen LogP contribution in [0.4, 0.5) is 0 Å². The zero-order chi connectivity index (χ0) is 27.3. The standard InChI is InChI=1S/C29H33Cl2NO4S/c1-5-37(35,36)17-20-11-14-23(29(34)28-26(30)7-6-8-27(28)31)25(15-20)22-13-10-18(2)9-12-21(33)16-24(22)19(3)32-4/h6-8,11,13-16,18-19,32H,5,9-10,12,17H2,1-4H3/t18?,19-/m0/s1. The van der Waals surface area contributed by atoms with Crippen molar-refractivity contribution in [3.63, 3.8) is 0 Å². The van der Waals surface area contributed by atoms with Gasteiger partial charge in [0.05, 0.1) is 21.4 Å². The number of hydrogen-bond acceptors (Lipinski definition) is 5. The van der Waals surface area contributed by atoms with Crippen LogP contribution < -0.4 is 5.32 Å². The van der Waals surface area contributed by atoms with Gasteiger partial charge in [-0.1, -0.05) is 61.3 Å². The number of ketones is 2. The Labute approximate surface area is 229 Å². The lowest BCUT2D eigenvalue weighted by Crippen LogP contribution is -2.25. The molecule has 198 valence electrons. The second-order valence-corrected chi connectivity index (χ2v) is 12.7. The van der Waals surface area contributed by atoms with E-state index < -0.39 is 9.84 Å². The van der Waals surface area contributed by atoms with Crippen LogP contribution in [0.1, 0.15) is 67.1 Å². The van der Waals surface area contributed by atoms with Crippen molar-refractivity contribution < 1.29 is 18.0 Å². The van der Waals surface area contributed by atoms with Crippen LogP contribution in [-0.4, -0.2) is 38.8 Å². The summed E-state index contributed by atoms with van der Waals surface area (Å²) in [6.07, 6.45) is 5.61. The van der Waals surface area contributed by atoms with Gasteiger partial charge in [0.2, 0.25) is 0 Å². The summed E-state index contributed by atoms with van der Waals surface area (Å²) >= 11 is 12.8. The second kappa shape index (κ2) is 12.5. The molecular formula is C29H33Cl2NO4S. The Bertz CT molecular complexity index is 1340. The molecule has 0 saturated carbocycles. The number of likely N-dealkylation sites (N-methyl/N-ethyl adjacent to an activating group) is 1. The predicted molar refractivity (Wildman–Crippen MR) is 152 cm³/mol. The molecule has 2 atom stereocenters. The van der Waals surface area contributed by atoms with Crippen molar-refractivity contribution >= 4 is 50.2 Å². The number of carbonyl (C=O) groups is 2. The van der Waals surface area contributed by atoms with Gasteiger partial charge in [-0.15, -0.1) is 0 Å². The number of hydrogen-bond donors (Lipinski definition) is 1. The Morgan fingerprint density at radius 1 is 1.16 bits per heavy atom. The highest BCUT2D eigenvalue weighted by Crippen LogP contribution is 2.35. The summed E-state index contributed by atoms with van der Waals surface area (Å²) in [5, 5.41) is 3.67. The maximum atomic E-state index is 13.9. The quantitative estimate of drug-likeness (QED) is 0.374. The number of rotatable bonds is 8. The minimum atomic E-state index is -3.32. The first-order chi connectivity index (χ1) is 17.5. The summed E-state index contributed by atoms with van der Waals surface area (Å²) in [4.78, 5) is 26.7. The average Bonchev–Trinajstić information content (AvgIpc) is 2.92. The van der Waals surface area contributed by atoms with Crippen molar-refractivity contribution in [2.75, 3.05) is 12.8 Å². The zero-order valence-electron chi connectivity index (χ0n) is 21.6. The Morgan fingerprint density at radius 2 is 1.84 bits per heavy atom. The van der Waals surface area contributed by atoms with Crippen LogP contribution in [0.3, 0.4) is 0 Å². The summed E-state index contributed by atoms with van der Waals surface area (Å²) in [6, 6.07) is 9.73. The third kappa shape index (κ3) is 7.20. The molecule has 2 aromatic rings. The lowest BCUT2D eigenvalue weighted by atomic mass is 9.85. The molecule has 37 heavy (non-hydrogen) atoms. The van der Waals surface area contributed by atoms with E-state index in [0.717, 1.165) is 17.6 Å². The van der Waals surface area contributed by atoms with Crippen molar-refractivity contribution in [3.8, 4) is 0 Å². The number of sulfone groups is 1. The Kier molecular flexibility index (Phi) is 9.92. The van der Waals surface area contributed by atoms with E-state index in [1.54, 1.807) is 49.4 Å². The molecule has 0 radical (unpaired) electrons. The van der Waals surface area contributed by atoms with Crippen LogP contribution in [0.5, 0.6) is 0 Å². The van der Waals surface area contributed by atoms with Crippen LogP contribution in [-0.2, 0) is 20.4 Å². The number of halogens is 2. The molecule has 1 unspecified atom stereocenters. The molecule has 2 aromatic carbocycles. The molecule has 0 bridgehead atoms. The van der Waals surface area contributed by atoms with Crippen LogP contribution in [0.2, 0.25) is 10.0 Å². The fraction of sp³-hybridized carbons (Fsp3) is 0.379. The van der Waals surface area contributed by atoms with Crippen LogP contribution in [0, 0.1) is 5.92 Å². The van der Waals surface area contributed by atoms with Crippen molar-refractivity contribution in [2.45, 2.75) is 51.8 Å². The van der Waals surface area contributed by atoms with E-state index in [-0.39, 0.29) is 50.6 Å². The van der Waals surface area contributed by atoms with Gasteiger partial charge in [0, 0.05) is 23.8 Å². The lowest BCUT2D eigenvalue weighted by molar-refractivity contribution is -0.114. The number of allylic oxidation sites excluding steroid dienone is 2. The fourth-order valence-corrected chi connectivity index (χ4v) is 5.81. The highest BCUT2D eigenvalue weighted by molar-refractivity contribution is 7.90. The molecule has 1 N–H and O–H groups in total. The smallest absolute Gasteiger partial charge is 0.196 e. The summed E-state index contributed by atoms with van der Waals surface area (Å²) in [7, 11) is -1.51. The van der Waals surface area contributed by atoms with Gasteiger partial charge in [0.25, 0.3) is 0 Å². The van der Waals surface area contributed by atoms with Gasteiger partial charge >= 0.3 is 0 Å². The normalized spacial score (nSPS) is 17.8. The highest BCUT2D eigenvalue weighted by atomic mass is 35.5. The minimum absolute atomic E-state index is 0.00883. The Morgan fingerprint density at radius 3 is 2.46 bits per heavy atom. The molecule has 5 nitrogen and oxygen atoms in total. The molecule has 0 fully saturated rings. The van der Waals surface area contributed by atoms with Gasteiger partial charge in [-0.05, 0) is 79.3 Å². The van der Waals surface area contributed by atoms with Crippen molar-refractivity contribution in [2.24, 2.45) is 5.92 Å². The molecular weight excluding hydrogens is 529 g/mol. The SMILES string of the molecule is CCS(=O)(=O)Cc1ccc(C(=O)c2c(Cl)cccc2Cl)c(C2=CCC(C)CCC(=O)C=C2[C@H](C)NC)c1. The maximum Gasteiger partial charge on any atom is 0.196 e. The fourth-order valence-electron chi connectivity index (χ4n) is 4.35. The molecule has 0 heterocycles. The predicted octanol–water partition coefficient (Wildman–Crippen LogP) is 6.47. The molecule has 0 amide bonds. The summed E-state index contributed by atoms with van der Waals surface area (Å²) in [5.74, 6) is -0.233. The van der Waals surface area contributed by atoms with E-state index in [1.165, 1.54) is 0 Å². The monoisotopic (exact) mass is 561 g/mol. The third-order valence-electron chi connectivity index (χ3n) is 6.77. The molecule has 0 aromatic heterocycles. The van der Waals surface area contributed by atoms with E-state index in [9.17, 15) is 18.0 Å². The van der Waals surface area contributed by atoms with Gasteiger partial charge in [0.15, 0.2) is 21.4 Å². The lowest BCUT2D eigenvalue weighted by Gasteiger charge is -2.22. The number of nitrogens with one attached hydrogen (secondary N) is 1. The van der Waals surface area contributed by atoms with Gasteiger partial charge in [-0.2, -0.15) is 0 Å². The Hall–Kier alpha value is -2.25. The van der Waals surface area contributed by atoms with Gasteiger partial charge < -0.3 is 5.32 Å². The average molecular weight is 563 g/mol. The van der Waals surface area contributed by atoms with E-state index in [1.807, 2.05) is 14.0 Å². The molecule has 1 aliphatic carbocycles. The van der Waals surface area contributed by atoms with Crippen LogP contribution in [0.25, 0.3) is 5.57 Å². The zero-order valence-corrected chi connectivity index (χ0v) is 23.9.